The van der Waals surface area contributed by atoms with E-state index in [1.165, 1.54) is 39.2 Å². The maximum absolute atomic E-state index is 13.5. The summed E-state index contributed by atoms with van der Waals surface area (Å²) in [5, 5.41) is 6.74. The third kappa shape index (κ3) is 7.98. The topological polar surface area (TPSA) is 89.1 Å². The molecule has 2 saturated heterocycles. The molecule has 2 aliphatic heterocycles. The van der Waals surface area contributed by atoms with Crippen LogP contribution in [-0.2, 0) is 14.2 Å². The minimum Gasteiger partial charge on any atom is -0.453 e. The van der Waals surface area contributed by atoms with Gasteiger partial charge in [0.25, 0.3) is 0 Å². The third-order valence-electron chi connectivity index (χ3n) is 8.07. The molecule has 3 atom stereocenters. The van der Waals surface area contributed by atoms with Gasteiger partial charge < -0.3 is 29.7 Å². The number of hydrogen-bond donors (Lipinski definition) is 2. The Morgan fingerprint density at radius 1 is 1.22 bits per heavy atom. The number of carbonyl (C=O) groups is 2. The zero-order valence-corrected chi connectivity index (χ0v) is 22.8. The number of rotatable bonds is 9. The van der Waals surface area contributed by atoms with Gasteiger partial charge in [0.05, 0.1) is 19.8 Å². The molecule has 9 heteroatoms. The van der Waals surface area contributed by atoms with E-state index in [4.69, 9.17) is 21.1 Å². The number of likely N-dealkylation sites (tertiary alicyclic amines) is 1. The van der Waals surface area contributed by atoms with Gasteiger partial charge in [-0.1, -0.05) is 55.8 Å². The molecule has 1 aromatic rings. The molecule has 2 amide bonds. The van der Waals surface area contributed by atoms with E-state index in [1.807, 2.05) is 29.2 Å². The number of benzene rings is 1. The average Bonchev–Trinajstić information content (AvgIpc) is 3.36. The van der Waals surface area contributed by atoms with Crippen LogP contribution in [0, 0.1) is 11.8 Å². The van der Waals surface area contributed by atoms with Gasteiger partial charge in [0.2, 0.25) is 0 Å². The number of halogens is 1. The minimum atomic E-state index is -0.488. The highest BCUT2D eigenvalue weighted by Gasteiger charge is 2.42. The molecular formula is C28H42ClN3O5. The molecule has 0 bridgehead atoms. The van der Waals surface area contributed by atoms with Gasteiger partial charge >= 0.3 is 12.2 Å². The molecule has 2 unspecified atom stereocenters. The van der Waals surface area contributed by atoms with E-state index in [1.54, 1.807) is 0 Å². The van der Waals surface area contributed by atoms with Crippen LogP contribution < -0.4 is 10.6 Å². The molecule has 3 fully saturated rings. The first kappa shape index (κ1) is 28.0. The maximum atomic E-state index is 13.5. The Labute approximate surface area is 225 Å². The van der Waals surface area contributed by atoms with Crippen molar-refractivity contribution in [2.45, 2.75) is 69.5 Å². The van der Waals surface area contributed by atoms with Gasteiger partial charge in [0.15, 0.2) is 0 Å². The van der Waals surface area contributed by atoms with Crippen LogP contribution in [0.5, 0.6) is 0 Å². The lowest BCUT2D eigenvalue weighted by molar-refractivity contribution is -0.0387. The second kappa shape index (κ2) is 13.7. The molecule has 2 heterocycles. The second-order valence-electron chi connectivity index (χ2n) is 10.8. The van der Waals surface area contributed by atoms with Crippen molar-refractivity contribution in [1.82, 2.24) is 15.5 Å². The highest BCUT2D eigenvalue weighted by molar-refractivity contribution is 6.30. The Kier molecular flexibility index (Phi) is 10.3. The summed E-state index contributed by atoms with van der Waals surface area (Å²) in [5.74, 6) is 0.739. The molecule has 8 nitrogen and oxygen atoms in total. The number of carbonyl (C=O) groups excluding carboxylic acids is 2. The molecule has 206 valence electrons. The fraction of sp³-hybridized carbons (Fsp3) is 0.714. The van der Waals surface area contributed by atoms with Crippen LogP contribution in [0.3, 0.4) is 0 Å². The molecule has 0 spiro atoms. The van der Waals surface area contributed by atoms with Crippen LogP contribution in [-0.4, -0.2) is 69.1 Å². The first-order valence-corrected chi connectivity index (χ1v) is 14.2. The average molecular weight is 536 g/mol. The largest absolute Gasteiger partial charge is 0.453 e. The van der Waals surface area contributed by atoms with Crippen LogP contribution >= 0.6 is 11.6 Å². The van der Waals surface area contributed by atoms with E-state index in [-0.39, 0.29) is 18.1 Å². The van der Waals surface area contributed by atoms with Crippen LogP contribution in [0.4, 0.5) is 9.59 Å². The highest BCUT2D eigenvalue weighted by atomic mass is 35.5. The van der Waals surface area contributed by atoms with Crippen molar-refractivity contribution >= 4 is 23.8 Å². The molecule has 1 aliphatic carbocycles. The number of nitrogens with zero attached hydrogens (tertiary/aromatic N) is 1. The van der Waals surface area contributed by atoms with Gasteiger partial charge in [-0.3, -0.25) is 0 Å². The monoisotopic (exact) mass is 535 g/mol. The number of amides is 2. The number of nitrogens with one attached hydrogen (secondary N) is 2. The summed E-state index contributed by atoms with van der Waals surface area (Å²) in [6.07, 6.45) is 9.10. The van der Waals surface area contributed by atoms with Crippen LogP contribution in [0.15, 0.2) is 24.3 Å². The molecule has 1 aromatic carbocycles. The van der Waals surface area contributed by atoms with Crippen LogP contribution in [0.1, 0.15) is 69.5 Å². The molecule has 4 rings (SSSR count). The summed E-state index contributed by atoms with van der Waals surface area (Å²) in [6, 6.07) is 7.68. The van der Waals surface area contributed by atoms with Crippen LogP contribution in [0.2, 0.25) is 5.02 Å². The second-order valence-corrected chi connectivity index (χ2v) is 11.2. The van der Waals surface area contributed by atoms with Gasteiger partial charge in [-0.25, -0.2) is 9.59 Å². The maximum Gasteiger partial charge on any atom is 0.410 e. The first-order valence-electron chi connectivity index (χ1n) is 13.9. The number of hydrogen-bond acceptors (Lipinski definition) is 6. The lowest BCUT2D eigenvalue weighted by atomic mass is 9.80. The Hall–Kier alpha value is -2.03. The van der Waals surface area contributed by atoms with Crippen molar-refractivity contribution in [1.29, 1.82) is 0 Å². The number of ether oxygens (including phenoxy) is 3. The molecular weight excluding hydrogens is 494 g/mol. The summed E-state index contributed by atoms with van der Waals surface area (Å²) in [7, 11) is 1.33. The molecule has 2 N–H and O–H groups in total. The number of piperidine rings is 1. The van der Waals surface area contributed by atoms with Crippen LogP contribution in [0.25, 0.3) is 0 Å². The lowest BCUT2D eigenvalue weighted by Crippen LogP contribution is -2.48. The molecule has 0 radical (unpaired) electrons. The fourth-order valence-corrected chi connectivity index (χ4v) is 6.41. The number of methoxy groups -OCH3 is 1. The zero-order valence-electron chi connectivity index (χ0n) is 22.0. The lowest BCUT2D eigenvalue weighted by Gasteiger charge is -2.39. The highest BCUT2D eigenvalue weighted by Crippen LogP contribution is 2.37. The fourth-order valence-electron chi connectivity index (χ4n) is 6.21. The van der Waals surface area contributed by atoms with Gasteiger partial charge in [-0.05, 0) is 49.4 Å². The SMILES string of the molecule is COC(=O)NCCO[C@@H](c1cccc(Cl)c1)C1CCCN(C(=O)OC2(CC3CCCCC3)CCNC2)C1. The quantitative estimate of drug-likeness (QED) is 0.417. The Bertz CT molecular complexity index is 888. The van der Waals surface area contributed by atoms with Crippen molar-refractivity contribution in [3.63, 3.8) is 0 Å². The Morgan fingerprint density at radius 3 is 2.78 bits per heavy atom. The van der Waals surface area contributed by atoms with Crippen molar-refractivity contribution < 1.29 is 23.8 Å². The van der Waals surface area contributed by atoms with E-state index < -0.39 is 11.7 Å². The summed E-state index contributed by atoms with van der Waals surface area (Å²) in [6.45, 7) is 3.55. The van der Waals surface area contributed by atoms with Gasteiger partial charge in [0, 0.05) is 43.5 Å². The van der Waals surface area contributed by atoms with Crippen molar-refractivity contribution in [3.8, 4) is 0 Å². The van der Waals surface area contributed by atoms with Gasteiger partial charge in [-0.15, -0.1) is 0 Å². The van der Waals surface area contributed by atoms with E-state index in [0.29, 0.717) is 37.2 Å². The number of alkyl carbamates (subject to hydrolysis) is 1. The molecule has 1 saturated carbocycles. The standard InChI is InChI=1S/C28H42ClN3O5/c1-35-26(33)31-14-16-36-25(22-9-5-11-24(29)17-22)23-10-6-15-32(19-23)27(34)37-28(12-13-30-20-28)18-21-7-3-2-4-8-21/h5,9,11,17,21,23,25,30H,2-4,6-8,10,12-16,18-20H2,1H3,(H,31,33)/t23?,25-,28?/m0/s1. The first-order chi connectivity index (χ1) is 18.0. The van der Waals surface area contributed by atoms with Crippen molar-refractivity contribution in [2.75, 3.05) is 46.4 Å². The van der Waals surface area contributed by atoms with E-state index in [2.05, 4.69) is 15.4 Å². The normalized spacial score (nSPS) is 25.5. The van der Waals surface area contributed by atoms with E-state index in [0.717, 1.165) is 44.3 Å². The van der Waals surface area contributed by atoms with Crippen molar-refractivity contribution in [3.05, 3.63) is 34.9 Å². The van der Waals surface area contributed by atoms with E-state index >= 15 is 0 Å². The predicted molar refractivity (Wildman–Crippen MR) is 143 cm³/mol. The third-order valence-corrected chi connectivity index (χ3v) is 8.30. The Morgan fingerprint density at radius 2 is 2.05 bits per heavy atom. The molecule has 0 aromatic heterocycles. The van der Waals surface area contributed by atoms with Gasteiger partial charge in [-0.2, -0.15) is 0 Å². The summed E-state index contributed by atoms with van der Waals surface area (Å²) in [5.41, 5.74) is 0.577. The Balaban J connectivity index is 1.40. The van der Waals surface area contributed by atoms with Gasteiger partial charge in [0.1, 0.15) is 5.60 Å². The van der Waals surface area contributed by atoms with E-state index in [9.17, 15) is 9.59 Å². The zero-order chi connectivity index (χ0) is 26.1. The molecule has 3 aliphatic rings. The smallest absolute Gasteiger partial charge is 0.410 e. The molecule has 37 heavy (non-hydrogen) atoms. The predicted octanol–water partition coefficient (Wildman–Crippen LogP) is 5.30. The summed E-state index contributed by atoms with van der Waals surface area (Å²) in [4.78, 5) is 26.8. The minimum absolute atomic E-state index is 0.0916. The summed E-state index contributed by atoms with van der Waals surface area (Å²) >= 11 is 6.30. The summed E-state index contributed by atoms with van der Waals surface area (Å²) < 4.78 is 17.3. The van der Waals surface area contributed by atoms with Crippen molar-refractivity contribution in [2.24, 2.45) is 11.8 Å².